The number of amides is 2. The Bertz CT molecular complexity index is 771. The predicted molar refractivity (Wildman–Crippen MR) is 92.1 cm³/mol. The Labute approximate surface area is 146 Å². The quantitative estimate of drug-likeness (QED) is 0.917. The van der Waals surface area contributed by atoms with E-state index in [0.29, 0.717) is 19.8 Å². The third-order valence-corrected chi connectivity index (χ3v) is 4.78. The molecule has 2 aliphatic rings. The van der Waals surface area contributed by atoms with Gasteiger partial charge in [0.05, 0.1) is 19.3 Å². The van der Waals surface area contributed by atoms with Gasteiger partial charge in [-0.2, -0.15) is 0 Å². The van der Waals surface area contributed by atoms with Gasteiger partial charge in [-0.1, -0.05) is 6.07 Å². The summed E-state index contributed by atoms with van der Waals surface area (Å²) in [4.78, 5) is 14.6. The number of benzene rings is 1. The molecule has 0 unspecified atom stereocenters. The summed E-state index contributed by atoms with van der Waals surface area (Å²) in [6.45, 7) is 2.43. The molecule has 4 rings (SSSR count). The molecule has 6 nitrogen and oxygen atoms in total. The summed E-state index contributed by atoms with van der Waals surface area (Å²) < 4.78 is 16.4. The normalized spacial score (nSPS) is 19.2. The Morgan fingerprint density at radius 2 is 2.16 bits per heavy atom. The van der Waals surface area contributed by atoms with Crippen molar-refractivity contribution in [2.24, 2.45) is 0 Å². The van der Waals surface area contributed by atoms with Crippen molar-refractivity contribution >= 4 is 11.7 Å². The number of urea groups is 1. The zero-order valence-electron chi connectivity index (χ0n) is 14.3. The molecule has 3 heterocycles. The molecule has 132 valence electrons. The molecule has 2 amide bonds. The van der Waals surface area contributed by atoms with Crippen molar-refractivity contribution < 1.29 is 18.7 Å². The molecular formula is C19H22N2O4. The van der Waals surface area contributed by atoms with Gasteiger partial charge in [-0.3, -0.25) is 0 Å². The summed E-state index contributed by atoms with van der Waals surface area (Å²) in [5, 5.41) is 3.01. The fourth-order valence-electron chi connectivity index (χ4n) is 3.54. The average Bonchev–Trinajstić information content (AvgIpc) is 3.34. The third kappa shape index (κ3) is 3.27. The molecule has 1 aromatic heterocycles. The van der Waals surface area contributed by atoms with Crippen LogP contribution in [0.25, 0.3) is 0 Å². The molecule has 2 aromatic rings. The van der Waals surface area contributed by atoms with Crippen molar-refractivity contribution in [3.63, 3.8) is 0 Å². The number of ether oxygens (including phenoxy) is 2. The Hall–Kier alpha value is -2.31. The smallest absolute Gasteiger partial charge is 0.322 e. The van der Waals surface area contributed by atoms with E-state index in [0.717, 1.165) is 42.2 Å². The number of likely N-dealkylation sites (tertiary alicyclic amines) is 1. The molecule has 2 aliphatic heterocycles. The highest BCUT2D eigenvalue weighted by Gasteiger charge is 2.32. The van der Waals surface area contributed by atoms with Crippen LogP contribution in [0.5, 0.6) is 0 Å². The highest BCUT2D eigenvalue weighted by atomic mass is 16.5. The average molecular weight is 342 g/mol. The minimum atomic E-state index is -0.0916. The first kappa shape index (κ1) is 16.2. The summed E-state index contributed by atoms with van der Waals surface area (Å²) >= 11 is 0. The predicted octanol–water partition coefficient (Wildman–Crippen LogP) is 3.83. The second-order valence-electron chi connectivity index (χ2n) is 6.49. The van der Waals surface area contributed by atoms with Crippen molar-refractivity contribution in [3.8, 4) is 0 Å². The van der Waals surface area contributed by atoms with Crippen LogP contribution in [0.3, 0.4) is 0 Å². The third-order valence-electron chi connectivity index (χ3n) is 4.78. The van der Waals surface area contributed by atoms with E-state index in [1.54, 1.807) is 7.11 Å². The fraction of sp³-hybridized carbons (Fsp3) is 0.421. The van der Waals surface area contributed by atoms with Gasteiger partial charge < -0.3 is 24.1 Å². The van der Waals surface area contributed by atoms with Crippen LogP contribution in [0.2, 0.25) is 0 Å². The van der Waals surface area contributed by atoms with Gasteiger partial charge in [0.1, 0.15) is 18.1 Å². The second kappa shape index (κ2) is 6.90. The lowest BCUT2D eigenvalue weighted by Crippen LogP contribution is -2.34. The first-order valence-corrected chi connectivity index (χ1v) is 8.59. The van der Waals surface area contributed by atoms with Crippen LogP contribution in [0.1, 0.15) is 41.5 Å². The van der Waals surface area contributed by atoms with Crippen LogP contribution in [-0.2, 0) is 29.3 Å². The number of nitrogens with one attached hydrogen (secondary N) is 1. The first-order valence-electron chi connectivity index (χ1n) is 8.59. The van der Waals surface area contributed by atoms with E-state index in [9.17, 15) is 4.79 Å². The minimum absolute atomic E-state index is 0.0247. The van der Waals surface area contributed by atoms with Gasteiger partial charge in [0, 0.05) is 19.3 Å². The number of anilines is 1. The van der Waals surface area contributed by atoms with Gasteiger partial charge in [-0.25, -0.2) is 4.79 Å². The monoisotopic (exact) mass is 342 g/mol. The van der Waals surface area contributed by atoms with Gasteiger partial charge in [-0.15, -0.1) is 0 Å². The topological polar surface area (TPSA) is 63.9 Å². The number of nitrogens with zero attached hydrogens (tertiary/aromatic N) is 1. The lowest BCUT2D eigenvalue weighted by molar-refractivity contribution is 0.134. The molecule has 0 radical (unpaired) electrons. The first-order chi connectivity index (χ1) is 12.2. The zero-order chi connectivity index (χ0) is 17.2. The molecule has 1 saturated heterocycles. The van der Waals surface area contributed by atoms with E-state index in [2.05, 4.69) is 5.32 Å². The number of furan rings is 1. The van der Waals surface area contributed by atoms with Gasteiger partial charge in [0.25, 0.3) is 0 Å². The maximum Gasteiger partial charge on any atom is 0.322 e. The van der Waals surface area contributed by atoms with E-state index >= 15 is 0 Å². The molecule has 25 heavy (non-hydrogen) atoms. The molecule has 1 N–H and O–H groups in total. The summed E-state index contributed by atoms with van der Waals surface area (Å²) in [5.74, 6) is 1.60. The zero-order valence-corrected chi connectivity index (χ0v) is 14.3. The standard InChI is InChI=1S/C19H22N2O4/c1-23-12-16-6-7-18(25-16)17-3-2-8-21(17)19(22)20-15-5-4-13-10-24-11-14(13)9-15/h4-7,9,17H,2-3,8,10-12H2,1H3,(H,20,22)/t17-/m1/s1. The van der Waals surface area contributed by atoms with Gasteiger partial charge in [0.2, 0.25) is 0 Å². The van der Waals surface area contributed by atoms with Gasteiger partial charge in [-0.05, 0) is 48.2 Å². The lowest BCUT2D eigenvalue weighted by atomic mass is 10.1. The van der Waals surface area contributed by atoms with E-state index in [1.807, 2.05) is 35.2 Å². The Morgan fingerprint density at radius 1 is 1.28 bits per heavy atom. The molecule has 1 fully saturated rings. The summed E-state index contributed by atoms with van der Waals surface area (Å²) in [6.07, 6.45) is 1.88. The van der Waals surface area contributed by atoms with Crippen molar-refractivity contribution in [3.05, 3.63) is 53.0 Å². The van der Waals surface area contributed by atoms with E-state index in [-0.39, 0.29) is 12.1 Å². The molecule has 1 aromatic carbocycles. The van der Waals surface area contributed by atoms with Crippen LogP contribution < -0.4 is 5.32 Å². The number of hydrogen-bond donors (Lipinski definition) is 1. The molecule has 0 bridgehead atoms. The Kier molecular flexibility index (Phi) is 4.46. The Morgan fingerprint density at radius 3 is 3.04 bits per heavy atom. The Balaban J connectivity index is 1.46. The molecule has 1 atom stereocenters. The number of fused-ring (bicyclic) bond motifs is 1. The summed E-state index contributed by atoms with van der Waals surface area (Å²) in [6, 6.07) is 9.68. The van der Waals surface area contributed by atoms with Crippen molar-refractivity contribution in [2.45, 2.75) is 38.7 Å². The number of rotatable bonds is 4. The van der Waals surface area contributed by atoms with Crippen molar-refractivity contribution in [2.75, 3.05) is 19.0 Å². The van der Waals surface area contributed by atoms with Gasteiger partial charge in [0.15, 0.2) is 0 Å². The summed E-state index contributed by atoms with van der Waals surface area (Å²) in [7, 11) is 1.64. The number of carbonyl (C=O) groups is 1. The van der Waals surface area contributed by atoms with Crippen molar-refractivity contribution in [1.82, 2.24) is 4.90 Å². The molecule has 0 saturated carbocycles. The van der Waals surface area contributed by atoms with E-state index in [4.69, 9.17) is 13.9 Å². The highest BCUT2D eigenvalue weighted by molar-refractivity contribution is 5.90. The number of hydrogen-bond acceptors (Lipinski definition) is 4. The highest BCUT2D eigenvalue weighted by Crippen LogP contribution is 2.34. The largest absolute Gasteiger partial charge is 0.461 e. The maximum absolute atomic E-state index is 12.7. The van der Waals surface area contributed by atoms with Crippen LogP contribution >= 0.6 is 0 Å². The summed E-state index contributed by atoms with van der Waals surface area (Å²) in [5.41, 5.74) is 3.14. The minimum Gasteiger partial charge on any atom is -0.461 e. The molecular weight excluding hydrogens is 320 g/mol. The lowest BCUT2D eigenvalue weighted by Gasteiger charge is -2.23. The van der Waals surface area contributed by atoms with Crippen LogP contribution in [0.15, 0.2) is 34.7 Å². The van der Waals surface area contributed by atoms with E-state index < -0.39 is 0 Å². The fourth-order valence-corrected chi connectivity index (χ4v) is 3.54. The van der Waals surface area contributed by atoms with Gasteiger partial charge >= 0.3 is 6.03 Å². The van der Waals surface area contributed by atoms with Crippen molar-refractivity contribution in [1.29, 1.82) is 0 Å². The molecule has 0 spiro atoms. The SMILES string of the molecule is COCc1ccc([C@H]2CCCN2C(=O)Nc2ccc3c(c2)COC3)o1. The molecule has 6 heteroatoms. The maximum atomic E-state index is 12.7. The second-order valence-corrected chi connectivity index (χ2v) is 6.49. The van der Waals surface area contributed by atoms with Crippen LogP contribution in [0.4, 0.5) is 10.5 Å². The number of methoxy groups -OCH3 is 1. The van der Waals surface area contributed by atoms with Crippen LogP contribution in [-0.4, -0.2) is 24.6 Å². The van der Waals surface area contributed by atoms with E-state index in [1.165, 1.54) is 5.56 Å². The van der Waals surface area contributed by atoms with Crippen LogP contribution in [0, 0.1) is 0 Å². The number of carbonyl (C=O) groups excluding carboxylic acids is 1. The molecule has 0 aliphatic carbocycles.